The van der Waals surface area contributed by atoms with E-state index in [1.165, 1.54) is 9.80 Å². The molecule has 4 amide bonds. The molecule has 210 valence electrons. The highest BCUT2D eigenvalue weighted by atomic mass is 16.4. The zero-order chi connectivity index (χ0) is 27.7. The molecule has 0 aromatic rings. The summed E-state index contributed by atoms with van der Waals surface area (Å²) in [6, 6.07) is -4.82. The molecule has 2 saturated heterocycles. The number of carboxylic acids is 1. The molecule has 13 heteroatoms. The van der Waals surface area contributed by atoms with Crippen LogP contribution in [0.3, 0.4) is 0 Å². The Kier molecular flexibility index (Phi) is 11.7. The van der Waals surface area contributed by atoms with E-state index < -0.39 is 60.5 Å². The molecule has 2 rings (SSSR count). The van der Waals surface area contributed by atoms with Crippen LogP contribution in [0.25, 0.3) is 0 Å². The van der Waals surface area contributed by atoms with Gasteiger partial charge in [-0.05, 0) is 57.4 Å². The van der Waals surface area contributed by atoms with E-state index in [-0.39, 0.29) is 18.2 Å². The summed E-state index contributed by atoms with van der Waals surface area (Å²) in [6.45, 7) is 4.01. The number of carbonyl (C=O) groups is 5. The average Bonchev–Trinajstić information content (AvgIpc) is 3.55. The Bertz CT molecular complexity index is 838. The van der Waals surface area contributed by atoms with E-state index >= 15 is 0 Å². The summed E-state index contributed by atoms with van der Waals surface area (Å²) < 4.78 is 0. The minimum Gasteiger partial charge on any atom is -0.480 e. The number of hydrogen-bond acceptors (Lipinski definition) is 8. The third-order valence-electron chi connectivity index (χ3n) is 6.99. The highest BCUT2D eigenvalue weighted by Gasteiger charge is 2.44. The van der Waals surface area contributed by atoms with Crippen molar-refractivity contribution in [2.24, 2.45) is 17.4 Å². The van der Waals surface area contributed by atoms with Gasteiger partial charge < -0.3 is 42.1 Å². The summed E-state index contributed by atoms with van der Waals surface area (Å²) >= 11 is 0. The van der Waals surface area contributed by atoms with Crippen LogP contribution < -0.4 is 22.1 Å². The Balaban J connectivity index is 2.16. The number of carboxylic acid groups (broad SMARTS) is 1. The fraction of sp³-hybridized carbons (Fsp3) is 0.792. The number of amides is 4. The van der Waals surface area contributed by atoms with E-state index in [1.54, 1.807) is 13.8 Å². The number of unbranched alkanes of at least 4 members (excludes halogenated alkanes) is 1. The van der Waals surface area contributed by atoms with Crippen molar-refractivity contribution in [3.05, 3.63) is 0 Å². The quantitative estimate of drug-likeness (QED) is 0.148. The van der Waals surface area contributed by atoms with Crippen molar-refractivity contribution in [1.82, 2.24) is 20.4 Å². The summed E-state index contributed by atoms with van der Waals surface area (Å²) in [4.78, 5) is 66.6. The van der Waals surface area contributed by atoms with Gasteiger partial charge in [-0.15, -0.1) is 0 Å². The van der Waals surface area contributed by atoms with Crippen LogP contribution >= 0.6 is 0 Å². The van der Waals surface area contributed by atoms with Crippen LogP contribution in [0, 0.1) is 5.92 Å². The zero-order valence-corrected chi connectivity index (χ0v) is 21.7. The largest absolute Gasteiger partial charge is 0.480 e. The summed E-state index contributed by atoms with van der Waals surface area (Å²) in [6.07, 6.45) is 3.42. The van der Waals surface area contributed by atoms with Crippen LogP contribution in [0.5, 0.6) is 0 Å². The number of nitrogens with two attached hydrogens (primary N) is 2. The summed E-state index contributed by atoms with van der Waals surface area (Å²) in [5, 5.41) is 23.9. The van der Waals surface area contributed by atoms with Crippen LogP contribution in [0.1, 0.15) is 58.8 Å². The van der Waals surface area contributed by atoms with Gasteiger partial charge in [-0.25, -0.2) is 4.79 Å². The van der Waals surface area contributed by atoms with Crippen molar-refractivity contribution in [2.75, 3.05) is 26.2 Å². The van der Waals surface area contributed by atoms with Crippen molar-refractivity contribution >= 4 is 29.6 Å². The molecular weight excluding hydrogens is 484 g/mol. The van der Waals surface area contributed by atoms with Gasteiger partial charge in [0.1, 0.15) is 30.2 Å². The number of likely N-dealkylation sites (tertiary alicyclic amines) is 2. The third-order valence-corrected chi connectivity index (χ3v) is 6.99. The SMILES string of the molecule is CC(C)[C@H](NC(=O)[C@H](CCCCN)NC(=O)[C@@H](N)CO)C(=O)N1CCC[C@H]1C(=O)N1CCC[C@H]1C(=O)O. The highest BCUT2D eigenvalue weighted by Crippen LogP contribution is 2.26. The molecule has 0 unspecified atom stereocenters. The first-order chi connectivity index (χ1) is 17.5. The maximum atomic E-state index is 13.6. The molecule has 0 aliphatic carbocycles. The Morgan fingerprint density at radius 1 is 0.946 bits per heavy atom. The first kappa shape index (κ1) is 30.5. The lowest BCUT2D eigenvalue weighted by atomic mass is 10.0. The molecule has 0 saturated carbocycles. The Hall–Kier alpha value is -2.77. The molecule has 2 fully saturated rings. The van der Waals surface area contributed by atoms with Crippen LogP contribution in [0.4, 0.5) is 0 Å². The second-order valence-electron chi connectivity index (χ2n) is 10.1. The first-order valence-electron chi connectivity index (χ1n) is 13.0. The second-order valence-corrected chi connectivity index (χ2v) is 10.1. The maximum absolute atomic E-state index is 13.6. The lowest BCUT2D eigenvalue weighted by molar-refractivity contribution is -0.152. The predicted molar refractivity (Wildman–Crippen MR) is 134 cm³/mol. The van der Waals surface area contributed by atoms with Crippen molar-refractivity contribution in [1.29, 1.82) is 0 Å². The molecular formula is C24H42N6O7. The van der Waals surface area contributed by atoms with E-state index in [0.29, 0.717) is 58.2 Å². The molecule has 13 nitrogen and oxygen atoms in total. The number of nitrogens with one attached hydrogen (secondary N) is 2. The summed E-state index contributed by atoms with van der Waals surface area (Å²) in [5.74, 6) is -3.45. The fourth-order valence-electron chi connectivity index (χ4n) is 4.84. The predicted octanol–water partition coefficient (Wildman–Crippen LogP) is -1.87. The van der Waals surface area contributed by atoms with Gasteiger partial charge in [-0.2, -0.15) is 0 Å². The molecule has 5 atom stereocenters. The number of hydrogen-bond donors (Lipinski definition) is 6. The van der Waals surface area contributed by atoms with Crippen LogP contribution in [0.2, 0.25) is 0 Å². The minimum absolute atomic E-state index is 0.266. The van der Waals surface area contributed by atoms with Crippen LogP contribution in [-0.4, -0.2) is 106 Å². The van der Waals surface area contributed by atoms with Crippen LogP contribution in [0.15, 0.2) is 0 Å². The van der Waals surface area contributed by atoms with E-state index in [1.807, 2.05) is 0 Å². The molecule has 2 heterocycles. The van der Waals surface area contributed by atoms with Crippen molar-refractivity contribution < 1.29 is 34.2 Å². The molecule has 2 aliphatic rings. The van der Waals surface area contributed by atoms with Gasteiger partial charge in [0.05, 0.1) is 6.61 Å². The molecule has 0 aromatic carbocycles. The van der Waals surface area contributed by atoms with E-state index in [0.717, 1.165) is 0 Å². The second kappa shape index (κ2) is 14.2. The van der Waals surface area contributed by atoms with Crippen molar-refractivity contribution in [3.63, 3.8) is 0 Å². The normalized spacial score (nSPS) is 22.0. The van der Waals surface area contributed by atoms with Gasteiger partial charge in [0.25, 0.3) is 0 Å². The number of aliphatic hydroxyl groups is 1. The lowest BCUT2D eigenvalue weighted by Gasteiger charge is -2.34. The van der Waals surface area contributed by atoms with Gasteiger partial charge in [0, 0.05) is 13.1 Å². The van der Waals surface area contributed by atoms with Gasteiger partial charge in [-0.3, -0.25) is 19.2 Å². The topological polar surface area (TPSA) is 208 Å². The van der Waals surface area contributed by atoms with Gasteiger partial charge >= 0.3 is 5.97 Å². The third kappa shape index (κ3) is 7.86. The Morgan fingerprint density at radius 2 is 1.57 bits per heavy atom. The molecule has 0 radical (unpaired) electrons. The first-order valence-corrected chi connectivity index (χ1v) is 13.0. The lowest BCUT2D eigenvalue weighted by Crippen LogP contribution is -2.59. The van der Waals surface area contributed by atoms with Crippen LogP contribution in [-0.2, 0) is 24.0 Å². The van der Waals surface area contributed by atoms with Gasteiger partial charge in [-0.1, -0.05) is 13.8 Å². The fourth-order valence-corrected chi connectivity index (χ4v) is 4.84. The molecule has 8 N–H and O–H groups in total. The molecule has 0 spiro atoms. The molecule has 2 aliphatic heterocycles. The minimum atomic E-state index is -1.19. The molecule has 0 bridgehead atoms. The number of rotatable bonds is 13. The standard InChI is InChI=1S/C24H42N6O7/c1-14(2)19(28-21(33)16(7-3-4-10-25)27-20(32)15(26)13-31)23(35)29-11-5-8-17(29)22(34)30-12-6-9-18(30)24(36)37/h14-19,31H,3-13,25-26H2,1-2H3,(H,27,32)(H,28,33)(H,36,37)/t15-,16-,17-,18-,19-/m0/s1. The summed E-state index contributed by atoms with van der Waals surface area (Å²) in [5.41, 5.74) is 11.1. The number of aliphatic hydroxyl groups excluding tert-OH is 1. The molecule has 0 aromatic heterocycles. The zero-order valence-electron chi connectivity index (χ0n) is 21.7. The smallest absolute Gasteiger partial charge is 0.326 e. The van der Waals surface area contributed by atoms with Crippen molar-refractivity contribution in [3.8, 4) is 0 Å². The van der Waals surface area contributed by atoms with Crippen molar-refractivity contribution in [2.45, 2.75) is 89.0 Å². The Labute approximate surface area is 217 Å². The summed E-state index contributed by atoms with van der Waals surface area (Å²) in [7, 11) is 0. The van der Waals surface area contributed by atoms with E-state index in [4.69, 9.17) is 16.6 Å². The van der Waals surface area contributed by atoms with Gasteiger partial charge in [0.15, 0.2) is 0 Å². The maximum Gasteiger partial charge on any atom is 0.326 e. The van der Waals surface area contributed by atoms with E-state index in [2.05, 4.69) is 10.6 Å². The Morgan fingerprint density at radius 3 is 2.14 bits per heavy atom. The molecule has 37 heavy (non-hydrogen) atoms. The highest BCUT2D eigenvalue weighted by molar-refractivity contribution is 5.96. The number of aliphatic carboxylic acids is 1. The number of nitrogens with zero attached hydrogens (tertiary/aromatic N) is 2. The average molecular weight is 527 g/mol. The van der Waals surface area contributed by atoms with Gasteiger partial charge in [0.2, 0.25) is 23.6 Å². The monoisotopic (exact) mass is 526 g/mol. The number of carbonyl (C=O) groups excluding carboxylic acids is 4. The van der Waals surface area contributed by atoms with E-state index in [9.17, 15) is 29.1 Å².